The highest BCUT2D eigenvalue weighted by Gasteiger charge is 2.33. The van der Waals surface area contributed by atoms with Crippen molar-refractivity contribution in [2.75, 3.05) is 11.1 Å². The smallest absolute Gasteiger partial charge is 0.150 e. The molecule has 0 aromatic carbocycles. The first-order chi connectivity index (χ1) is 6.18. The number of aromatic nitrogens is 2. The molecular weight excluding hydrogens is 188 g/mol. The van der Waals surface area contributed by atoms with Crippen LogP contribution in [0.1, 0.15) is 13.3 Å². The number of halogens is 1. The molecule has 70 valence electrons. The summed E-state index contributed by atoms with van der Waals surface area (Å²) in [7, 11) is 0. The molecule has 1 aromatic heterocycles. The number of nitrogens with zero attached hydrogens (tertiary/aromatic N) is 2. The Morgan fingerprint density at radius 3 is 2.92 bits per heavy atom. The summed E-state index contributed by atoms with van der Waals surface area (Å²) >= 11 is 5.90. The van der Waals surface area contributed by atoms with E-state index >= 15 is 0 Å². The standard InChI is InChI=1S/C8H11ClN4/c1-4-2-5(4)13-8-6(9)7(10)11-3-12-8/h3-5H,2H2,1H3,(H3,10,11,12,13). The molecule has 0 amide bonds. The molecule has 0 radical (unpaired) electrons. The minimum absolute atomic E-state index is 0.326. The summed E-state index contributed by atoms with van der Waals surface area (Å²) in [6.45, 7) is 2.18. The van der Waals surface area contributed by atoms with Gasteiger partial charge in [0.15, 0.2) is 5.82 Å². The summed E-state index contributed by atoms with van der Waals surface area (Å²) in [6, 6.07) is 0.492. The van der Waals surface area contributed by atoms with Crippen molar-refractivity contribution in [2.24, 2.45) is 5.92 Å². The zero-order valence-corrected chi connectivity index (χ0v) is 8.04. The van der Waals surface area contributed by atoms with Crippen molar-refractivity contribution < 1.29 is 0 Å². The van der Waals surface area contributed by atoms with Crippen LogP contribution in [0.15, 0.2) is 6.33 Å². The van der Waals surface area contributed by atoms with Crippen LogP contribution in [0.4, 0.5) is 11.6 Å². The first kappa shape index (κ1) is 8.56. The molecule has 3 N–H and O–H groups in total. The largest absolute Gasteiger partial charge is 0.382 e. The van der Waals surface area contributed by atoms with E-state index < -0.39 is 0 Å². The van der Waals surface area contributed by atoms with Crippen molar-refractivity contribution in [2.45, 2.75) is 19.4 Å². The summed E-state index contributed by atoms with van der Waals surface area (Å²) in [5.41, 5.74) is 5.53. The quantitative estimate of drug-likeness (QED) is 0.757. The molecule has 0 aliphatic heterocycles. The Morgan fingerprint density at radius 2 is 2.31 bits per heavy atom. The lowest BCUT2D eigenvalue weighted by molar-refractivity contribution is 0.922. The van der Waals surface area contributed by atoms with Gasteiger partial charge in [-0.1, -0.05) is 18.5 Å². The van der Waals surface area contributed by atoms with Gasteiger partial charge in [0.05, 0.1) is 0 Å². The van der Waals surface area contributed by atoms with Crippen LogP contribution in [0.2, 0.25) is 5.02 Å². The van der Waals surface area contributed by atoms with E-state index in [-0.39, 0.29) is 0 Å². The van der Waals surface area contributed by atoms with Gasteiger partial charge >= 0.3 is 0 Å². The van der Waals surface area contributed by atoms with E-state index in [4.69, 9.17) is 17.3 Å². The Labute approximate surface area is 81.5 Å². The van der Waals surface area contributed by atoms with E-state index in [0.29, 0.717) is 28.6 Å². The number of nitrogen functional groups attached to an aromatic ring is 1. The molecule has 0 bridgehead atoms. The van der Waals surface area contributed by atoms with E-state index in [1.165, 1.54) is 12.7 Å². The van der Waals surface area contributed by atoms with Crippen LogP contribution >= 0.6 is 11.6 Å². The van der Waals surface area contributed by atoms with Crippen LogP contribution in [0, 0.1) is 5.92 Å². The third-order valence-corrected chi connectivity index (χ3v) is 2.62. The number of rotatable bonds is 2. The summed E-state index contributed by atoms with van der Waals surface area (Å²) in [5.74, 6) is 1.67. The summed E-state index contributed by atoms with van der Waals surface area (Å²) in [4.78, 5) is 7.80. The maximum atomic E-state index is 5.90. The molecule has 1 aliphatic rings. The van der Waals surface area contributed by atoms with Gasteiger partial charge in [0.2, 0.25) is 0 Å². The van der Waals surface area contributed by atoms with Crippen molar-refractivity contribution in [1.29, 1.82) is 0 Å². The predicted octanol–water partition coefficient (Wildman–Crippen LogP) is 1.53. The second-order valence-electron chi connectivity index (χ2n) is 3.39. The Morgan fingerprint density at radius 1 is 1.62 bits per heavy atom. The summed E-state index contributed by atoms with van der Waals surface area (Å²) in [5, 5.41) is 3.63. The van der Waals surface area contributed by atoms with Gasteiger partial charge in [-0.05, 0) is 12.3 Å². The molecule has 1 heterocycles. The maximum absolute atomic E-state index is 5.90. The molecule has 0 spiro atoms. The number of hydrogen-bond acceptors (Lipinski definition) is 4. The maximum Gasteiger partial charge on any atom is 0.150 e. The lowest BCUT2D eigenvalue weighted by Crippen LogP contribution is -2.07. The zero-order chi connectivity index (χ0) is 9.42. The van der Waals surface area contributed by atoms with Gasteiger partial charge in [-0.15, -0.1) is 0 Å². The molecule has 2 rings (SSSR count). The van der Waals surface area contributed by atoms with Gasteiger partial charge in [0, 0.05) is 6.04 Å². The third-order valence-electron chi connectivity index (χ3n) is 2.25. The molecule has 1 aliphatic carbocycles. The minimum atomic E-state index is 0.326. The van der Waals surface area contributed by atoms with Crippen LogP contribution in [-0.4, -0.2) is 16.0 Å². The van der Waals surface area contributed by atoms with Gasteiger partial charge in [0.25, 0.3) is 0 Å². The molecule has 1 aromatic rings. The average molecular weight is 199 g/mol. The highest BCUT2D eigenvalue weighted by molar-refractivity contribution is 6.35. The van der Waals surface area contributed by atoms with Crippen molar-refractivity contribution >= 4 is 23.2 Å². The van der Waals surface area contributed by atoms with Crippen LogP contribution in [0.5, 0.6) is 0 Å². The van der Waals surface area contributed by atoms with Crippen molar-refractivity contribution in [1.82, 2.24) is 9.97 Å². The molecule has 13 heavy (non-hydrogen) atoms. The van der Waals surface area contributed by atoms with Crippen molar-refractivity contribution in [3.63, 3.8) is 0 Å². The predicted molar refractivity (Wildman–Crippen MR) is 52.6 cm³/mol. The van der Waals surface area contributed by atoms with Crippen molar-refractivity contribution in [3.8, 4) is 0 Å². The van der Waals surface area contributed by atoms with Crippen molar-refractivity contribution in [3.05, 3.63) is 11.3 Å². The number of anilines is 2. The Kier molecular flexibility index (Phi) is 2.00. The molecule has 1 saturated carbocycles. The molecule has 0 saturated heterocycles. The van der Waals surface area contributed by atoms with E-state index in [2.05, 4.69) is 22.2 Å². The highest BCUT2D eigenvalue weighted by Crippen LogP contribution is 2.34. The van der Waals surface area contributed by atoms with Gasteiger partial charge in [0.1, 0.15) is 17.2 Å². The fourth-order valence-electron chi connectivity index (χ4n) is 1.18. The van der Waals surface area contributed by atoms with Gasteiger partial charge in [-0.2, -0.15) is 0 Å². The van der Waals surface area contributed by atoms with Gasteiger partial charge in [-0.25, -0.2) is 9.97 Å². The number of nitrogens with one attached hydrogen (secondary N) is 1. The van der Waals surface area contributed by atoms with Crippen LogP contribution < -0.4 is 11.1 Å². The van der Waals surface area contributed by atoms with Crippen LogP contribution in [0.3, 0.4) is 0 Å². The second-order valence-corrected chi connectivity index (χ2v) is 3.76. The number of hydrogen-bond donors (Lipinski definition) is 2. The monoisotopic (exact) mass is 198 g/mol. The third kappa shape index (κ3) is 1.67. The highest BCUT2D eigenvalue weighted by atomic mass is 35.5. The second kappa shape index (κ2) is 3.03. The van der Waals surface area contributed by atoms with E-state index in [9.17, 15) is 0 Å². The Balaban J connectivity index is 2.15. The SMILES string of the molecule is CC1CC1Nc1ncnc(N)c1Cl. The fraction of sp³-hybridized carbons (Fsp3) is 0.500. The lowest BCUT2D eigenvalue weighted by atomic mass is 10.4. The number of nitrogens with two attached hydrogens (primary N) is 1. The van der Waals surface area contributed by atoms with Crippen LogP contribution in [-0.2, 0) is 0 Å². The zero-order valence-electron chi connectivity index (χ0n) is 7.29. The molecule has 2 atom stereocenters. The first-order valence-electron chi connectivity index (χ1n) is 4.21. The lowest BCUT2D eigenvalue weighted by Gasteiger charge is -2.06. The molecule has 5 heteroatoms. The average Bonchev–Trinajstić information content (AvgIpc) is 2.77. The Hall–Kier alpha value is -1.03. The van der Waals surface area contributed by atoms with Gasteiger partial charge < -0.3 is 11.1 Å². The van der Waals surface area contributed by atoms with Gasteiger partial charge in [-0.3, -0.25) is 0 Å². The summed E-state index contributed by atoms with van der Waals surface area (Å²) in [6.07, 6.45) is 2.58. The minimum Gasteiger partial charge on any atom is -0.382 e. The molecular formula is C8H11ClN4. The first-order valence-corrected chi connectivity index (χ1v) is 4.59. The van der Waals surface area contributed by atoms with E-state index in [1.807, 2.05) is 0 Å². The summed E-state index contributed by atoms with van der Waals surface area (Å²) < 4.78 is 0. The topological polar surface area (TPSA) is 63.8 Å². The van der Waals surface area contributed by atoms with E-state index in [1.54, 1.807) is 0 Å². The molecule has 1 fully saturated rings. The van der Waals surface area contributed by atoms with Crippen LogP contribution in [0.25, 0.3) is 0 Å². The fourth-order valence-corrected chi connectivity index (χ4v) is 1.34. The molecule has 2 unspecified atom stereocenters. The normalized spacial score (nSPS) is 25.7. The Bertz CT molecular complexity index is 328. The molecule has 4 nitrogen and oxygen atoms in total. The van der Waals surface area contributed by atoms with E-state index in [0.717, 1.165) is 0 Å².